The molecule has 20 heavy (non-hydrogen) atoms. The Morgan fingerprint density at radius 3 is 2.30 bits per heavy atom. The third kappa shape index (κ3) is 2.82. The molecule has 2 saturated carbocycles. The molecule has 1 aromatic rings. The molecule has 3 rings (SSSR count). The maximum Gasteiger partial charge on any atom is 0.139 e. The largest absolute Gasteiger partial charge is 0.299 e. The topological polar surface area (TPSA) is 17.1 Å². The van der Waals surface area contributed by atoms with E-state index in [0.717, 1.165) is 31.1 Å². The maximum absolute atomic E-state index is 12.6. The van der Waals surface area contributed by atoms with Crippen molar-refractivity contribution in [3.05, 3.63) is 35.9 Å². The van der Waals surface area contributed by atoms with Crippen molar-refractivity contribution in [2.75, 3.05) is 0 Å². The Hall–Kier alpha value is -1.11. The van der Waals surface area contributed by atoms with Gasteiger partial charge in [0.2, 0.25) is 0 Å². The van der Waals surface area contributed by atoms with Crippen molar-refractivity contribution >= 4 is 5.78 Å². The van der Waals surface area contributed by atoms with Crippen LogP contribution in [0, 0.1) is 23.7 Å². The molecule has 1 nitrogen and oxygen atoms in total. The summed E-state index contributed by atoms with van der Waals surface area (Å²) in [6, 6.07) is 10.6. The summed E-state index contributed by atoms with van der Waals surface area (Å²) in [5.41, 5.74) is 1.36. The Labute approximate surface area is 122 Å². The molecule has 1 aromatic carbocycles. The quantitative estimate of drug-likeness (QED) is 0.766. The van der Waals surface area contributed by atoms with E-state index in [0.29, 0.717) is 23.5 Å². The van der Waals surface area contributed by atoms with Crippen LogP contribution < -0.4 is 0 Å². The Morgan fingerprint density at radius 2 is 1.70 bits per heavy atom. The molecule has 0 bridgehead atoms. The first-order valence-electron chi connectivity index (χ1n) is 8.25. The molecule has 2 unspecified atom stereocenters. The van der Waals surface area contributed by atoms with Crippen molar-refractivity contribution in [2.45, 2.75) is 51.9 Å². The number of hydrogen-bond acceptors (Lipinski definition) is 1. The number of benzene rings is 1. The molecule has 0 aromatic heterocycles. The first kappa shape index (κ1) is 13.9. The van der Waals surface area contributed by atoms with E-state index in [9.17, 15) is 4.79 Å². The van der Waals surface area contributed by atoms with Gasteiger partial charge in [0.05, 0.1) is 0 Å². The molecule has 0 heterocycles. The predicted molar refractivity (Wildman–Crippen MR) is 82.6 cm³/mol. The summed E-state index contributed by atoms with van der Waals surface area (Å²) in [7, 11) is 0. The normalized spacial score (nSPS) is 33.1. The number of hydrogen-bond donors (Lipinski definition) is 0. The minimum absolute atomic E-state index is 0.331. The van der Waals surface area contributed by atoms with Gasteiger partial charge in [-0.05, 0) is 55.4 Å². The fourth-order valence-electron chi connectivity index (χ4n) is 3.95. The minimum atomic E-state index is 0.331. The molecule has 0 N–H and O–H groups in total. The molecule has 0 saturated heterocycles. The van der Waals surface area contributed by atoms with E-state index < -0.39 is 0 Å². The maximum atomic E-state index is 12.6. The Balaban J connectivity index is 1.54. The van der Waals surface area contributed by atoms with Crippen molar-refractivity contribution in [3.63, 3.8) is 0 Å². The second kappa shape index (κ2) is 5.71. The molecule has 1 heteroatoms. The van der Waals surface area contributed by atoms with Crippen LogP contribution in [-0.2, 0) is 4.79 Å². The van der Waals surface area contributed by atoms with E-state index >= 15 is 0 Å². The van der Waals surface area contributed by atoms with E-state index in [1.807, 2.05) is 0 Å². The van der Waals surface area contributed by atoms with Gasteiger partial charge < -0.3 is 0 Å². The molecule has 0 radical (unpaired) electrons. The second-order valence-electron chi connectivity index (χ2n) is 7.12. The van der Waals surface area contributed by atoms with Crippen LogP contribution in [0.1, 0.15) is 57.4 Å². The van der Waals surface area contributed by atoms with Gasteiger partial charge in [-0.3, -0.25) is 4.79 Å². The Kier molecular flexibility index (Phi) is 3.96. The average molecular weight is 270 g/mol. The van der Waals surface area contributed by atoms with Crippen molar-refractivity contribution in [2.24, 2.45) is 23.7 Å². The molecule has 0 spiro atoms. The summed E-state index contributed by atoms with van der Waals surface area (Å²) in [6.07, 6.45) is 5.89. The molecule has 2 aliphatic rings. The van der Waals surface area contributed by atoms with E-state index in [2.05, 4.69) is 44.2 Å². The highest BCUT2D eigenvalue weighted by Crippen LogP contribution is 2.50. The smallest absolute Gasteiger partial charge is 0.139 e. The summed E-state index contributed by atoms with van der Waals surface area (Å²) in [5.74, 6) is 3.42. The van der Waals surface area contributed by atoms with Crippen molar-refractivity contribution in [1.29, 1.82) is 0 Å². The number of rotatable bonds is 4. The third-order valence-corrected chi connectivity index (χ3v) is 5.50. The summed E-state index contributed by atoms with van der Waals surface area (Å²) < 4.78 is 0. The van der Waals surface area contributed by atoms with E-state index in [-0.39, 0.29) is 0 Å². The second-order valence-corrected chi connectivity index (χ2v) is 7.12. The lowest BCUT2D eigenvalue weighted by Gasteiger charge is -2.30. The third-order valence-electron chi connectivity index (χ3n) is 5.50. The number of carbonyl (C=O) groups is 1. The van der Waals surface area contributed by atoms with Gasteiger partial charge in [-0.25, -0.2) is 0 Å². The summed E-state index contributed by atoms with van der Waals surface area (Å²) in [5, 5.41) is 0. The van der Waals surface area contributed by atoms with Gasteiger partial charge >= 0.3 is 0 Å². The molecular weight excluding hydrogens is 244 g/mol. The van der Waals surface area contributed by atoms with Gasteiger partial charge in [-0.1, -0.05) is 44.2 Å². The van der Waals surface area contributed by atoms with Crippen LogP contribution >= 0.6 is 0 Å². The van der Waals surface area contributed by atoms with Crippen LogP contribution in [0.15, 0.2) is 30.3 Å². The zero-order valence-corrected chi connectivity index (χ0v) is 12.7. The molecule has 2 aliphatic carbocycles. The number of carbonyl (C=O) groups excluding carboxylic acids is 1. The molecule has 108 valence electrons. The lowest BCUT2D eigenvalue weighted by molar-refractivity contribution is -0.125. The van der Waals surface area contributed by atoms with E-state index in [1.165, 1.54) is 18.4 Å². The number of ketones is 1. The summed E-state index contributed by atoms with van der Waals surface area (Å²) >= 11 is 0. The molecular formula is C19H26O. The monoisotopic (exact) mass is 270 g/mol. The standard InChI is InChI=1S/C19H26O/c1-13(2)14-8-10-16(11-9-14)19(20)18-12-17(18)15-6-4-3-5-7-15/h3-7,13-14,16-18H,8-12H2,1-2H3. The van der Waals surface area contributed by atoms with E-state index in [1.54, 1.807) is 0 Å². The molecule has 2 fully saturated rings. The zero-order valence-electron chi connectivity index (χ0n) is 12.7. The highest BCUT2D eigenvalue weighted by Gasteiger charge is 2.46. The van der Waals surface area contributed by atoms with Gasteiger partial charge in [0, 0.05) is 11.8 Å². The fourth-order valence-corrected chi connectivity index (χ4v) is 3.95. The van der Waals surface area contributed by atoms with Crippen LogP contribution in [0.2, 0.25) is 0 Å². The predicted octanol–water partition coefficient (Wildman–Crippen LogP) is 4.82. The van der Waals surface area contributed by atoms with Gasteiger partial charge in [-0.15, -0.1) is 0 Å². The van der Waals surface area contributed by atoms with Crippen LogP contribution in [0.5, 0.6) is 0 Å². The van der Waals surface area contributed by atoms with Gasteiger partial charge in [0.1, 0.15) is 5.78 Å². The fraction of sp³-hybridized carbons (Fsp3) is 0.632. The van der Waals surface area contributed by atoms with Crippen molar-refractivity contribution in [3.8, 4) is 0 Å². The first-order chi connectivity index (χ1) is 9.66. The van der Waals surface area contributed by atoms with Crippen LogP contribution in [-0.4, -0.2) is 5.78 Å². The van der Waals surface area contributed by atoms with Crippen molar-refractivity contribution < 1.29 is 4.79 Å². The van der Waals surface area contributed by atoms with Gasteiger partial charge in [0.25, 0.3) is 0 Å². The Bertz CT molecular complexity index is 454. The van der Waals surface area contributed by atoms with Crippen LogP contribution in [0.3, 0.4) is 0 Å². The lowest BCUT2D eigenvalue weighted by Crippen LogP contribution is -2.25. The minimum Gasteiger partial charge on any atom is -0.299 e. The summed E-state index contributed by atoms with van der Waals surface area (Å²) in [4.78, 5) is 12.6. The van der Waals surface area contributed by atoms with Gasteiger partial charge in [0.15, 0.2) is 0 Å². The lowest BCUT2D eigenvalue weighted by atomic mass is 9.75. The first-order valence-corrected chi connectivity index (χ1v) is 8.25. The SMILES string of the molecule is CC(C)C1CCC(C(=O)C2CC2c2ccccc2)CC1. The molecule has 0 amide bonds. The van der Waals surface area contributed by atoms with E-state index in [4.69, 9.17) is 0 Å². The molecule has 0 aliphatic heterocycles. The van der Waals surface area contributed by atoms with Gasteiger partial charge in [-0.2, -0.15) is 0 Å². The summed E-state index contributed by atoms with van der Waals surface area (Å²) in [6.45, 7) is 4.64. The van der Waals surface area contributed by atoms with Crippen LogP contribution in [0.25, 0.3) is 0 Å². The highest BCUT2D eigenvalue weighted by atomic mass is 16.1. The molecule has 2 atom stereocenters. The van der Waals surface area contributed by atoms with Crippen LogP contribution in [0.4, 0.5) is 0 Å². The number of Topliss-reactive ketones (excluding diaryl/α,β-unsaturated/α-hetero) is 1. The zero-order chi connectivity index (χ0) is 14.1. The van der Waals surface area contributed by atoms with Crippen molar-refractivity contribution in [1.82, 2.24) is 0 Å². The highest BCUT2D eigenvalue weighted by molar-refractivity contribution is 5.87. The Morgan fingerprint density at radius 1 is 1.05 bits per heavy atom. The average Bonchev–Trinajstić information content (AvgIpc) is 3.28.